The Morgan fingerprint density at radius 2 is 1.88 bits per heavy atom. The van der Waals surface area contributed by atoms with Crippen LogP contribution in [0.3, 0.4) is 0 Å². The van der Waals surface area contributed by atoms with Crippen molar-refractivity contribution in [2.24, 2.45) is 4.99 Å². The molecule has 0 saturated carbocycles. The molecule has 0 N–H and O–H groups in total. The Bertz CT molecular complexity index is 1200. The number of aliphatic imine (C=N–C) groups is 1. The maximum Gasteiger partial charge on any atom is 0.283 e. The number of amidine groups is 1. The van der Waals surface area contributed by atoms with Crippen molar-refractivity contribution in [2.45, 2.75) is 31.9 Å². The topological polar surface area (TPSA) is 90.0 Å². The van der Waals surface area contributed by atoms with Gasteiger partial charge in [-0.2, -0.15) is 4.98 Å². The predicted molar refractivity (Wildman–Crippen MR) is 133 cm³/mol. The summed E-state index contributed by atoms with van der Waals surface area (Å²) in [6.45, 7) is 2.12. The van der Waals surface area contributed by atoms with E-state index in [1.807, 2.05) is 42.5 Å². The quantitative estimate of drug-likeness (QED) is 0.395. The number of nitrogens with zero attached hydrogens (tertiary/aromatic N) is 4. The molecule has 0 saturated heterocycles. The highest BCUT2D eigenvalue weighted by molar-refractivity contribution is 8.13. The number of hydrogen-bond acceptors (Lipinski definition) is 8. The Morgan fingerprint density at radius 3 is 2.62 bits per heavy atom. The van der Waals surface area contributed by atoms with E-state index >= 15 is 0 Å². The Hall–Kier alpha value is -3.59. The fraction of sp³-hybridized carbons (Fsp3) is 0.280. The fourth-order valence-electron chi connectivity index (χ4n) is 3.34. The second-order valence-corrected chi connectivity index (χ2v) is 8.48. The molecule has 176 valence electrons. The van der Waals surface area contributed by atoms with Gasteiger partial charge in [-0.05, 0) is 42.3 Å². The molecule has 34 heavy (non-hydrogen) atoms. The number of hydrogen-bond donors (Lipinski definition) is 0. The van der Waals surface area contributed by atoms with Gasteiger partial charge in [-0.1, -0.05) is 48.5 Å². The van der Waals surface area contributed by atoms with Gasteiger partial charge in [0.15, 0.2) is 11.0 Å². The zero-order valence-corrected chi connectivity index (χ0v) is 20.2. The first-order chi connectivity index (χ1) is 16.6. The van der Waals surface area contributed by atoms with Crippen molar-refractivity contribution in [3.63, 3.8) is 0 Å². The number of anilines is 1. The van der Waals surface area contributed by atoms with Crippen molar-refractivity contribution in [3.05, 3.63) is 71.5 Å². The average molecular weight is 479 g/mol. The number of amides is 1. The van der Waals surface area contributed by atoms with Crippen LogP contribution in [0.2, 0.25) is 0 Å². The Balaban J connectivity index is 1.60. The Labute approximate surface area is 202 Å². The lowest BCUT2D eigenvalue weighted by Gasteiger charge is -2.18. The Morgan fingerprint density at radius 1 is 1.09 bits per heavy atom. The second kappa shape index (κ2) is 11.0. The molecule has 0 unspecified atom stereocenters. The smallest absolute Gasteiger partial charge is 0.283 e. The minimum atomic E-state index is -0.222. The van der Waals surface area contributed by atoms with Gasteiger partial charge in [0.1, 0.15) is 17.2 Å². The monoisotopic (exact) mass is 478 g/mol. The van der Waals surface area contributed by atoms with Crippen molar-refractivity contribution in [3.8, 4) is 11.5 Å². The molecular weight excluding hydrogens is 452 g/mol. The highest BCUT2D eigenvalue weighted by atomic mass is 32.2. The molecule has 1 aliphatic heterocycles. The third kappa shape index (κ3) is 5.48. The molecular formula is C25H26N4O4S. The second-order valence-electron chi connectivity index (χ2n) is 7.54. The molecule has 8 nitrogen and oxygen atoms in total. The number of benzene rings is 2. The highest BCUT2D eigenvalue weighted by Gasteiger charge is 2.32. The molecule has 0 fully saturated rings. The lowest BCUT2D eigenvalue weighted by atomic mass is 10.2. The van der Waals surface area contributed by atoms with Gasteiger partial charge >= 0.3 is 0 Å². The zero-order chi connectivity index (χ0) is 23.9. The van der Waals surface area contributed by atoms with Crippen LogP contribution < -0.4 is 14.4 Å². The number of methoxy groups -OCH3 is 2. The van der Waals surface area contributed by atoms with Crippen LogP contribution in [0.25, 0.3) is 6.08 Å². The highest BCUT2D eigenvalue weighted by Crippen LogP contribution is 2.32. The SMILES string of the molecule is CCCCc1noc(CSC2=N/C(=C\c3ccc(OC)cc3)C(=O)N2c2cccc(OC)c2)n1. The van der Waals surface area contributed by atoms with Gasteiger partial charge in [0.2, 0.25) is 5.89 Å². The van der Waals surface area contributed by atoms with Crippen LogP contribution in [0, 0.1) is 0 Å². The van der Waals surface area contributed by atoms with Crippen LogP contribution >= 0.6 is 11.8 Å². The number of aryl methyl sites for hydroxylation is 1. The molecule has 2 heterocycles. The normalized spacial score (nSPS) is 14.6. The molecule has 9 heteroatoms. The minimum Gasteiger partial charge on any atom is -0.497 e. The molecule has 4 rings (SSSR count). The summed E-state index contributed by atoms with van der Waals surface area (Å²) in [7, 11) is 3.21. The van der Waals surface area contributed by atoms with E-state index in [2.05, 4.69) is 22.1 Å². The van der Waals surface area contributed by atoms with Crippen molar-refractivity contribution in [1.82, 2.24) is 10.1 Å². The number of unbranched alkanes of at least 4 members (excludes halogenated alkanes) is 1. The predicted octanol–water partition coefficient (Wildman–Crippen LogP) is 5.11. The molecule has 0 spiro atoms. The van der Waals surface area contributed by atoms with Gasteiger partial charge in [0.25, 0.3) is 5.91 Å². The summed E-state index contributed by atoms with van der Waals surface area (Å²) >= 11 is 1.37. The summed E-state index contributed by atoms with van der Waals surface area (Å²) in [5.41, 5.74) is 1.86. The first-order valence-corrected chi connectivity index (χ1v) is 12.0. The first-order valence-electron chi connectivity index (χ1n) is 11.0. The van der Waals surface area contributed by atoms with Gasteiger partial charge in [0, 0.05) is 12.5 Å². The van der Waals surface area contributed by atoms with Gasteiger partial charge in [-0.15, -0.1) is 0 Å². The summed E-state index contributed by atoms with van der Waals surface area (Å²) in [6, 6.07) is 14.8. The largest absolute Gasteiger partial charge is 0.497 e. The Kier molecular flexibility index (Phi) is 7.64. The summed E-state index contributed by atoms with van der Waals surface area (Å²) < 4.78 is 15.9. The van der Waals surface area contributed by atoms with E-state index in [-0.39, 0.29) is 5.91 Å². The molecule has 0 radical (unpaired) electrons. The maximum absolute atomic E-state index is 13.4. The van der Waals surface area contributed by atoms with Crippen LogP contribution in [0.4, 0.5) is 5.69 Å². The molecule has 1 amide bonds. The van der Waals surface area contributed by atoms with Crippen molar-refractivity contribution < 1.29 is 18.8 Å². The van der Waals surface area contributed by atoms with Crippen LogP contribution in [0.5, 0.6) is 11.5 Å². The lowest BCUT2D eigenvalue weighted by Crippen LogP contribution is -2.30. The number of aromatic nitrogens is 2. The summed E-state index contributed by atoms with van der Waals surface area (Å²) in [6.07, 6.45) is 4.62. The van der Waals surface area contributed by atoms with Crippen molar-refractivity contribution in [1.29, 1.82) is 0 Å². The van der Waals surface area contributed by atoms with Gasteiger partial charge < -0.3 is 14.0 Å². The molecule has 3 aromatic rings. The molecule has 1 aliphatic rings. The fourth-order valence-corrected chi connectivity index (χ4v) is 4.19. The van der Waals surface area contributed by atoms with Crippen LogP contribution in [-0.4, -0.2) is 35.4 Å². The molecule has 0 aliphatic carbocycles. The minimum absolute atomic E-state index is 0.222. The van der Waals surface area contributed by atoms with Crippen molar-refractivity contribution >= 4 is 34.6 Å². The van der Waals surface area contributed by atoms with E-state index in [9.17, 15) is 4.79 Å². The van der Waals surface area contributed by atoms with Gasteiger partial charge in [-0.3, -0.25) is 9.69 Å². The average Bonchev–Trinajstić information content (AvgIpc) is 3.45. The summed E-state index contributed by atoms with van der Waals surface area (Å²) in [4.78, 5) is 24.1. The van der Waals surface area contributed by atoms with Gasteiger partial charge in [-0.25, -0.2) is 4.99 Å². The van der Waals surface area contributed by atoms with E-state index in [1.54, 1.807) is 31.3 Å². The first kappa shape index (κ1) is 23.6. The molecule has 2 aromatic carbocycles. The third-order valence-electron chi connectivity index (χ3n) is 5.15. The van der Waals surface area contributed by atoms with Gasteiger partial charge in [0.05, 0.1) is 25.7 Å². The van der Waals surface area contributed by atoms with E-state index in [0.29, 0.717) is 39.8 Å². The van der Waals surface area contributed by atoms with E-state index in [0.717, 1.165) is 30.6 Å². The third-order valence-corrected chi connectivity index (χ3v) is 6.07. The number of ether oxygens (including phenoxy) is 2. The number of rotatable bonds is 9. The number of carbonyl (C=O) groups is 1. The summed E-state index contributed by atoms with van der Waals surface area (Å²) in [5.74, 6) is 2.79. The number of carbonyl (C=O) groups excluding carboxylic acids is 1. The van der Waals surface area contributed by atoms with E-state index in [4.69, 9.17) is 14.0 Å². The van der Waals surface area contributed by atoms with Crippen LogP contribution in [0.15, 0.2) is 63.7 Å². The zero-order valence-electron chi connectivity index (χ0n) is 19.4. The van der Waals surface area contributed by atoms with E-state index in [1.165, 1.54) is 11.8 Å². The summed E-state index contributed by atoms with van der Waals surface area (Å²) in [5, 5.41) is 4.57. The van der Waals surface area contributed by atoms with Crippen LogP contribution in [-0.2, 0) is 17.0 Å². The standard InChI is InChI=1S/C25H26N4O4S/c1-4-5-9-22-27-23(33-28-22)16-34-25-26-21(14-17-10-12-19(31-2)13-11-17)24(30)29(25)18-7-6-8-20(15-18)32-3/h6-8,10-15H,4-5,9,16H2,1-3H3/b21-14-. The van der Waals surface area contributed by atoms with E-state index < -0.39 is 0 Å². The van der Waals surface area contributed by atoms with Crippen LogP contribution in [0.1, 0.15) is 37.0 Å². The molecule has 0 bridgehead atoms. The lowest BCUT2D eigenvalue weighted by molar-refractivity contribution is -0.113. The molecule has 0 atom stereocenters. The molecule has 1 aromatic heterocycles. The number of thioether (sulfide) groups is 1. The maximum atomic E-state index is 13.4. The van der Waals surface area contributed by atoms with Crippen molar-refractivity contribution in [2.75, 3.05) is 19.1 Å².